The van der Waals surface area contributed by atoms with Gasteiger partial charge in [-0.1, -0.05) is 127 Å². The van der Waals surface area contributed by atoms with Crippen molar-refractivity contribution < 1.29 is 13.3 Å². The van der Waals surface area contributed by atoms with E-state index >= 15 is 0 Å². The molecular weight excluding hydrogens is 772 g/mol. The standard InChI is InChI=1S/C18H26Br6O3Si/c1-25-28(26-2,27-3)10-8-6-4-5-7-9-14-11-15(17(19,20)21)13-16(12-14)18(22,23)24/h11-13H,4-10H2,1-3H3. The molecule has 0 spiro atoms. The maximum absolute atomic E-state index is 5.47. The van der Waals surface area contributed by atoms with Gasteiger partial charge in [-0.25, -0.2) is 0 Å². The summed E-state index contributed by atoms with van der Waals surface area (Å²) in [5, 5.41) is 0. The van der Waals surface area contributed by atoms with E-state index < -0.39 is 13.1 Å². The highest BCUT2D eigenvalue weighted by atomic mass is 80.0. The van der Waals surface area contributed by atoms with E-state index in [0.717, 1.165) is 42.9 Å². The molecule has 10 heteroatoms. The van der Waals surface area contributed by atoms with Crippen molar-refractivity contribution in [1.29, 1.82) is 0 Å². The van der Waals surface area contributed by atoms with Gasteiger partial charge in [0.1, 0.15) is 0 Å². The van der Waals surface area contributed by atoms with Crippen molar-refractivity contribution in [2.75, 3.05) is 21.3 Å². The number of alkyl halides is 6. The van der Waals surface area contributed by atoms with Gasteiger partial charge in [0.25, 0.3) is 0 Å². The van der Waals surface area contributed by atoms with Crippen LogP contribution in [0.4, 0.5) is 0 Å². The molecule has 0 aliphatic rings. The fraction of sp³-hybridized carbons (Fsp3) is 0.667. The van der Waals surface area contributed by atoms with Crippen LogP contribution in [-0.2, 0) is 24.0 Å². The minimum Gasteiger partial charge on any atom is -0.377 e. The first-order valence-corrected chi connectivity index (χ1v) is 15.6. The molecule has 0 atom stereocenters. The van der Waals surface area contributed by atoms with Crippen molar-refractivity contribution in [3.8, 4) is 0 Å². The second-order valence-corrected chi connectivity index (χ2v) is 23.1. The molecule has 0 radical (unpaired) electrons. The molecule has 0 amide bonds. The number of benzene rings is 1. The molecule has 0 aliphatic carbocycles. The molecule has 28 heavy (non-hydrogen) atoms. The average Bonchev–Trinajstić information content (AvgIpc) is 2.63. The maximum atomic E-state index is 5.47. The third kappa shape index (κ3) is 9.77. The van der Waals surface area contributed by atoms with Gasteiger partial charge in [-0.3, -0.25) is 0 Å². The molecule has 162 valence electrons. The Morgan fingerprint density at radius 2 is 1.11 bits per heavy atom. The summed E-state index contributed by atoms with van der Waals surface area (Å²) in [6.45, 7) is 0. The quantitative estimate of drug-likeness (QED) is 0.128. The van der Waals surface area contributed by atoms with E-state index in [1.165, 1.54) is 18.4 Å². The van der Waals surface area contributed by atoms with E-state index in [-0.39, 0.29) is 0 Å². The number of unbranched alkanes of at least 4 members (excludes halogenated alkanes) is 4. The molecule has 0 saturated heterocycles. The predicted octanol–water partition coefficient (Wildman–Crippen LogP) is 8.65. The molecule has 0 aromatic heterocycles. The first kappa shape index (κ1) is 28.2. The number of halogens is 6. The smallest absolute Gasteiger partial charge is 0.377 e. The first-order valence-electron chi connectivity index (χ1n) is 8.91. The number of aryl methyl sites for hydroxylation is 1. The summed E-state index contributed by atoms with van der Waals surface area (Å²) in [5.41, 5.74) is 3.54. The molecule has 0 fully saturated rings. The Kier molecular flexibility index (Phi) is 13.1. The van der Waals surface area contributed by atoms with Gasteiger partial charge < -0.3 is 13.3 Å². The second kappa shape index (κ2) is 13.0. The van der Waals surface area contributed by atoms with E-state index in [2.05, 4.69) is 114 Å². The van der Waals surface area contributed by atoms with Crippen LogP contribution < -0.4 is 0 Å². The summed E-state index contributed by atoms with van der Waals surface area (Å²) in [7, 11) is 2.60. The van der Waals surface area contributed by atoms with Crippen LogP contribution in [0.3, 0.4) is 0 Å². The minimum absolute atomic E-state index is 0.434. The normalized spacial score (nSPS) is 13.2. The third-order valence-corrected chi connectivity index (χ3v) is 10.1. The lowest BCUT2D eigenvalue weighted by atomic mass is 10.0. The van der Waals surface area contributed by atoms with Crippen LogP contribution in [0.15, 0.2) is 18.2 Å². The zero-order chi connectivity index (χ0) is 21.4. The Morgan fingerprint density at radius 1 is 0.679 bits per heavy atom. The fourth-order valence-electron chi connectivity index (χ4n) is 2.92. The van der Waals surface area contributed by atoms with E-state index in [1.807, 2.05) is 0 Å². The lowest BCUT2D eigenvalue weighted by Gasteiger charge is -2.24. The number of hydrogen-bond donors (Lipinski definition) is 0. The van der Waals surface area contributed by atoms with Crippen molar-refractivity contribution in [2.24, 2.45) is 0 Å². The summed E-state index contributed by atoms with van der Waals surface area (Å²) >= 11 is 21.8. The van der Waals surface area contributed by atoms with Gasteiger partial charge in [0, 0.05) is 27.4 Å². The lowest BCUT2D eigenvalue weighted by molar-refractivity contribution is 0.122. The van der Waals surface area contributed by atoms with Crippen molar-refractivity contribution in [3.63, 3.8) is 0 Å². The summed E-state index contributed by atoms with van der Waals surface area (Å²) in [6.07, 6.45) is 6.83. The summed E-state index contributed by atoms with van der Waals surface area (Å²) in [6, 6.07) is 7.43. The highest BCUT2D eigenvalue weighted by Crippen LogP contribution is 2.49. The van der Waals surface area contributed by atoms with Crippen LogP contribution in [-0.4, -0.2) is 30.1 Å². The maximum Gasteiger partial charge on any atom is 0.500 e. The van der Waals surface area contributed by atoms with Gasteiger partial charge >= 0.3 is 8.80 Å². The first-order chi connectivity index (χ1) is 13.0. The summed E-state index contributed by atoms with van der Waals surface area (Å²) < 4.78 is 15.5. The van der Waals surface area contributed by atoms with Crippen LogP contribution in [0.1, 0.15) is 48.8 Å². The Bertz CT molecular complexity index is 559. The van der Waals surface area contributed by atoms with Crippen LogP contribution >= 0.6 is 95.6 Å². The number of hydrogen-bond acceptors (Lipinski definition) is 3. The zero-order valence-electron chi connectivity index (χ0n) is 16.2. The van der Waals surface area contributed by atoms with Gasteiger partial charge in [0.2, 0.25) is 0 Å². The molecule has 0 aliphatic heterocycles. The van der Waals surface area contributed by atoms with E-state index in [0.29, 0.717) is 0 Å². The molecule has 1 aromatic rings. The Labute approximate surface area is 220 Å². The molecule has 0 heterocycles. The van der Waals surface area contributed by atoms with E-state index in [1.54, 1.807) is 21.3 Å². The Hall–Kier alpha value is 2.20. The molecule has 0 unspecified atom stereocenters. The van der Waals surface area contributed by atoms with Crippen molar-refractivity contribution in [3.05, 3.63) is 34.9 Å². The molecule has 3 nitrogen and oxygen atoms in total. The van der Waals surface area contributed by atoms with Crippen molar-refractivity contribution in [1.82, 2.24) is 0 Å². The Morgan fingerprint density at radius 3 is 1.54 bits per heavy atom. The molecule has 0 bridgehead atoms. The second-order valence-electron chi connectivity index (χ2n) is 6.48. The largest absolute Gasteiger partial charge is 0.500 e. The van der Waals surface area contributed by atoms with Gasteiger partial charge in [-0.2, -0.15) is 0 Å². The predicted molar refractivity (Wildman–Crippen MR) is 142 cm³/mol. The van der Waals surface area contributed by atoms with Crippen molar-refractivity contribution >= 4 is 104 Å². The minimum atomic E-state index is -2.41. The van der Waals surface area contributed by atoms with Crippen LogP contribution in [0, 0.1) is 0 Å². The molecule has 0 saturated carbocycles. The SMILES string of the molecule is CO[Si](CCCCCCCc1cc(C(Br)(Br)Br)cc(C(Br)(Br)Br)c1)(OC)OC. The van der Waals surface area contributed by atoms with Gasteiger partial charge in [-0.05, 0) is 42.0 Å². The monoisotopic (exact) mass is 792 g/mol. The van der Waals surface area contributed by atoms with Crippen LogP contribution in [0.5, 0.6) is 0 Å². The zero-order valence-corrected chi connectivity index (χ0v) is 26.7. The van der Waals surface area contributed by atoms with Crippen LogP contribution in [0.2, 0.25) is 6.04 Å². The Balaban J connectivity index is 2.53. The summed E-state index contributed by atoms with van der Waals surface area (Å²) in [4.78, 5) is 0. The highest BCUT2D eigenvalue weighted by Gasteiger charge is 2.36. The number of rotatable bonds is 11. The van der Waals surface area contributed by atoms with Crippen molar-refractivity contribution in [2.45, 2.75) is 48.9 Å². The topological polar surface area (TPSA) is 27.7 Å². The third-order valence-electron chi connectivity index (χ3n) is 4.53. The van der Waals surface area contributed by atoms with Gasteiger partial charge in [0.05, 0.1) is 0 Å². The molecule has 0 N–H and O–H groups in total. The molecule has 1 rings (SSSR count). The highest BCUT2D eigenvalue weighted by molar-refractivity contribution is 9.39. The molecule has 1 aromatic carbocycles. The molecular formula is C18H26Br6O3Si. The summed E-state index contributed by atoms with van der Waals surface area (Å²) in [5.74, 6) is 0. The van der Waals surface area contributed by atoms with E-state index in [9.17, 15) is 0 Å². The average molecular weight is 798 g/mol. The fourth-order valence-corrected chi connectivity index (χ4v) is 6.09. The van der Waals surface area contributed by atoms with Gasteiger partial charge in [-0.15, -0.1) is 0 Å². The van der Waals surface area contributed by atoms with E-state index in [4.69, 9.17) is 13.3 Å². The van der Waals surface area contributed by atoms with Crippen LogP contribution in [0.25, 0.3) is 0 Å². The van der Waals surface area contributed by atoms with Gasteiger partial charge in [0.15, 0.2) is 4.29 Å². The lowest BCUT2D eigenvalue weighted by Crippen LogP contribution is -2.42.